The average molecular weight is 318 g/mol. The molecule has 0 spiro atoms. The van der Waals surface area contributed by atoms with E-state index in [4.69, 9.17) is 9.84 Å². The van der Waals surface area contributed by atoms with Crippen molar-refractivity contribution in [1.82, 2.24) is 0 Å². The summed E-state index contributed by atoms with van der Waals surface area (Å²) in [4.78, 5) is 10.3. The number of ether oxygens (including phenoxy) is 1. The fourth-order valence-electron chi connectivity index (χ4n) is 2.22. The van der Waals surface area contributed by atoms with Gasteiger partial charge in [0.2, 0.25) is 0 Å². The van der Waals surface area contributed by atoms with Gasteiger partial charge in [0.1, 0.15) is 6.10 Å². The van der Waals surface area contributed by atoms with Gasteiger partial charge in [-0.05, 0) is 32.1 Å². The molecule has 3 heteroatoms. The number of unbranched alkanes of at least 4 members (excludes halogenated alkanes) is 4. The first-order valence-corrected chi connectivity index (χ1v) is 8.76. The molecule has 1 aliphatic heterocycles. The molecule has 1 saturated heterocycles. The first-order valence-electron chi connectivity index (χ1n) is 8.76. The summed E-state index contributed by atoms with van der Waals surface area (Å²) in [6, 6.07) is 0. The van der Waals surface area contributed by atoms with Crippen LogP contribution in [0.1, 0.15) is 58.3 Å². The van der Waals surface area contributed by atoms with Gasteiger partial charge in [0.05, 0.1) is 6.10 Å². The fraction of sp³-hybridized carbons (Fsp3) is 0.550. The topological polar surface area (TPSA) is 49.8 Å². The van der Waals surface area contributed by atoms with Crippen LogP contribution in [0.15, 0.2) is 48.6 Å². The third-order valence-electron chi connectivity index (χ3n) is 3.66. The summed E-state index contributed by atoms with van der Waals surface area (Å²) in [7, 11) is 0. The van der Waals surface area contributed by atoms with Crippen molar-refractivity contribution < 1.29 is 14.6 Å². The minimum atomic E-state index is -0.730. The normalized spacial score (nSPS) is 21.3. The van der Waals surface area contributed by atoms with Gasteiger partial charge in [-0.15, -0.1) is 0 Å². The number of hydrogen-bond donors (Lipinski definition) is 1. The van der Waals surface area contributed by atoms with E-state index in [2.05, 4.69) is 25.2 Å². The van der Waals surface area contributed by atoms with Crippen LogP contribution in [0.25, 0.3) is 0 Å². The summed E-state index contributed by atoms with van der Waals surface area (Å²) in [6.07, 6.45) is 24.9. The van der Waals surface area contributed by atoms with Crippen LogP contribution >= 0.6 is 0 Å². The van der Waals surface area contributed by atoms with Crippen LogP contribution < -0.4 is 0 Å². The highest BCUT2D eigenvalue weighted by Gasteiger charge is 2.34. The molecule has 0 amide bonds. The molecule has 0 aromatic carbocycles. The zero-order valence-electron chi connectivity index (χ0n) is 14.2. The SMILES string of the molecule is CCCCC/C=C/C[C@@H]1O[C@H]1/C=C/C=C/C=C/CCCC(=O)O. The Kier molecular flexibility index (Phi) is 10.9. The summed E-state index contributed by atoms with van der Waals surface area (Å²) in [5.41, 5.74) is 0. The molecular formula is C20H30O3. The van der Waals surface area contributed by atoms with Crippen LogP contribution in [-0.4, -0.2) is 23.3 Å². The van der Waals surface area contributed by atoms with Crippen molar-refractivity contribution in [2.75, 3.05) is 0 Å². The standard InChI is InChI=1S/C20H30O3/c1-2-3-4-5-9-12-15-18-19(23-18)16-13-10-7-6-8-11-14-17-20(21)22/h6-10,12-13,16,18-19H,2-5,11,14-15,17H2,1H3,(H,21,22)/b8-6+,10-7+,12-9+,16-13+/t18-,19-/m0/s1. The Morgan fingerprint density at radius 3 is 2.57 bits per heavy atom. The average Bonchev–Trinajstić information content (AvgIpc) is 3.27. The summed E-state index contributed by atoms with van der Waals surface area (Å²) >= 11 is 0. The molecular weight excluding hydrogens is 288 g/mol. The van der Waals surface area contributed by atoms with Gasteiger partial charge in [-0.3, -0.25) is 4.79 Å². The van der Waals surface area contributed by atoms with Crippen LogP contribution in [0.2, 0.25) is 0 Å². The Hall–Kier alpha value is -1.61. The molecule has 0 saturated carbocycles. The van der Waals surface area contributed by atoms with E-state index in [1.807, 2.05) is 30.4 Å². The van der Waals surface area contributed by atoms with Gasteiger partial charge in [0.15, 0.2) is 0 Å². The Bertz CT molecular complexity index is 432. The van der Waals surface area contributed by atoms with Crippen molar-refractivity contribution in [2.24, 2.45) is 0 Å². The lowest BCUT2D eigenvalue weighted by atomic mass is 10.1. The smallest absolute Gasteiger partial charge is 0.303 e. The molecule has 0 bridgehead atoms. The lowest BCUT2D eigenvalue weighted by Gasteiger charge is -1.91. The van der Waals surface area contributed by atoms with E-state index in [1.54, 1.807) is 0 Å². The maximum atomic E-state index is 10.3. The highest BCUT2D eigenvalue weighted by molar-refractivity contribution is 5.66. The number of hydrogen-bond acceptors (Lipinski definition) is 2. The Morgan fingerprint density at radius 1 is 1.00 bits per heavy atom. The molecule has 1 heterocycles. The maximum Gasteiger partial charge on any atom is 0.303 e. The van der Waals surface area contributed by atoms with E-state index in [1.165, 1.54) is 25.7 Å². The number of aliphatic carboxylic acids is 1. The highest BCUT2D eigenvalue weighted by atomic mass is 16.6. The Morgan fingerprint density at radius 2 is 1.78 bits per heavy atom. The second-order valence-electron chi connectivity index (χ2n) is 5.83. The molecule has 0 aliphatic carbocycles. The van der Waals surface area contributed by atoms with E-state index < -0.39 is 5.97 Å². The zero-order valence-corrected chi connectivity index (χ0v) is 14.2. The fourth-order valence-corrected chi connectivity index (χ4v) is 2.22. The molecule has 0 aromatic rings. The van der Waals surface area contributed by atoms with Crippen molar-refractivity contribution in [2.45, 2.75) is 70.5 Å². The van der Waals surface area contributed by atoms with Gasteiger partial charge >= 0.3 is 5.97 Å². The minimum absolute atomic E-state index is 0.238. The number of carbonyl (C=O) groups is 1. The number of rotatable bonds is 13. The minimum Gasteiger partial charge on any atom is -0.481 e. The van der Waals surface area contributed by atoms with Gasteiger partial charge in [-0.2, -0.15) is 0 Å². The van der Waals surface area contributed by atoms with Gasteiger partial charge in [-0.25, -0.2) is 0 Å². The summed E-state index contributed by atoms with van der Waals surface area (Å²) in [5.74, 6) is -0.730. The summed E-state index contributed by atoms with van der Waals surface area (Å²) in [6.45, 7) is 2.22. The lowest BCUT2D eigenvalue weighted by Crippen LogP contribution is -1.92. The molecule has 0 aromatic heterocycles. The van der Waals surface area contributed by atoms with Crippen molar-refractivity contribution in [1.29, 1.82) is 0 Å². The summed E-state index contributed by atoms with van der Waals surface area (Å²) < 4.78 is 5.58. The van der Waals surface area contributed by atoms with E-state index in [0.717, 1.165) is 12.8 Å². The van der Waals surface area contributed by atoms with E-state index in [9.17, 15) is 4.79 Å². The molecule has 23 heavy (non-hydrogen) atoms. The van der Waals surface area contributed by atoms with Crippen LogP contribution in [0.5, 0.6) is 0 Å². The third kappa shape index (κ3) is 11.6. The number of epoxide rings is 1. The van der Waals surface area contributed by atoms with Gasteiger partial charge in [0, 0.05) is 6.42 Å². The summed E-state index contributed by atoms with van der Waals surface area (Å²) in [5, 5.41) is 8.50. The molecule has 2 atom stereocenters. The molecule has 0 unspecified atom stereocenters. The van der Waals surface area contributed by atoms with E-state index in [0.29, 0.717) is 12.5 Å². The molecule has 1 N–H and O–H groups in total. The van der Waals surface area contributed by atoms with Crippen molar-refractivity contribution in [3.63, 3.8) is 0 Å². The van der Waals surface area contributed by atoms with Gasteiger partial charge in [-0.1, -0.05) is 68.4 Å². The Balaban J connectivity index is 2.01. The predicted molar refractivity (Wildman–Crippen MR) is 95.5 cm³/mol. The quantitative estimate of drug-likeness (QED) is 0.220. The molecule has 128 valence electrons. The van der Waals surface area contributed by atoms with Crippen LogP contribution in [0.4, 0.5) is 0 Å². The zero-order chi connectivity index (χ0) is 16.8. The number of carboxylic acid groups (broad SMARTS) is 1. The largest absolute Gasteiger partial charge is 0.481 e. The second-order valence-corrected chi connectivity index (χ2v) is 5.83. The lowest BCUT2D eigenvalue weighted by molar-refractivity contribution is -0.137. The number of carboxylic acids is 1. The van der Waals surface area contributed by atoms with Crippen molar-refractivity contribution in [3.05, 3.63) is 48.6 Å². The Labute approximate surface area is 140 Å². The molecule has 1 aliphatic rings. The number of allylic oxidation sites excluding steroid dienone is 6. The van der Waals surface area contributed by atoms with Crippen LogP contribution in [0.3, 0.4) is 0 Å². The third-order valence-corrected chi connectivity index (χ3v) is 3.66. The monoisotopic (exact) mass is 318 g/mol. The van der Waals surface area contributed by atoms with Crippen molar-refractivity contribution in [3.8, 4) is 0 Å². The first kappa shape index (κ1) is 19.4. The molecule has 1 rings (SSSR count). The van der Waals surface area contributed by atoms with Gasteiger partial charge < -0.3 is 9.84 Å². The predicted octanol–water partition coefficient (Wildman–Crippen LogP) is 5.20. The maximum absolute atomic E-state index is 10.3. The first-order chi connectivity index (χ1) is 11.2. The van der Waals surface area contributed by atoms with Crippen molar-refractivity contribution >= 4 is 5.97 Å². The second kappa shape index (κ2) is 12.9. The molecule has 1 fully saturated rings. The highest BCUT2D eigenvalue weighted by Crippen LogP contribution is 2.26. The van der Waals surface area contributed by atoms with Gasteiger partial charge in [0.25, 0.3) is 0 Å². The van der Waals surface area contributed by atoms with Crippen LogP contribution in [-0.2, 0) is 9.53 Å². The van der Waals surface area contributed by atoms with E-state index in [-0.39, 0.29) is 12.5 Å². The molecule has 3 nitrogen and oxygen atoms in total. The molecule has 0 radical (unpaired) electrons. The van der Waals surface area contributed by atoms with Crippen LogP contribution in [0, 0.1) is 0 Å². The van der Waals surface area contributed by atoms with E-state index >= 15 is 0 Å².